The lowest BCUT2D eigenvalue weighted by atomic mass is 9.92. The highest BCUT2D eigenvalue weighted by Gasteiger charge is 2.31. The minimum Gasteiger partial charge on any atom is -0.354 e. The van der Waals surface area contributed by atoms with Crippen LogP contribution in [0.4, 0.5) is 4.39 Å². The SMILES string of the molecule is CC(C)CN1Cc2ccccc2CC1C(=O)NCCc1ccc(F)cc1. The van der Waals surface area contributed by atoms with Crippen molar-refractivity contribution in [3.05, 3.63) is 71.0 Å². The lowest BCUT2D eigenvalue weighted by molar-refractivity contribution is -0.127. The molecule has 0 bridgehead atoms. The smallest absolute Gasteiger partial charge is 0.237 e. The molecule has 0 radical (unpaired) electrons. The second-order valence-electron chi connectivity index (χ2n) is 7.48. The van der Waals surface area contributed by atoms with Gasteiger partial charge in [0.05, 0.1) is 6.04 Å². The molecule has 2 aromatic carbocycles. The summed E-state index contributed by atoms with van der Waals surface area (Å²) in [4.78, 5) is 15.1. The summed E-state index contributed by atoms with van der Waals surface area (Å²) in [6.07, 6.45) is 1.46. The van der Waals surface area contributed by atoms with Gasteiger partial charge in [-0.1, -0.05) is 50.2 Å². The largest absolute Gasteiger partial charge is 0.354 e. The van der Waals surface area contributed by atoms with Crippen molar-refractivity contribution in [1.29, 1.82) is 0 Å². The summed E-state index contributed by atoms with van der Waals surface area (Å²) in [6, 6.07) is 14.7. The molecular weight excluding hydrogens is 327 g/mol. The van der Waals surface area contributed by atoms with Gasteiger partial charge in [-0.2, -0.15) is 0 Å². The van der Waals surface area contributed by atoms with E-state index in [1.807, 2.05) is 6.07 Å². The Hall–Kier alpha value is -2.20. The molecule has 0 saturated heterocycles. The molecule has 1 amide bonds. The number of rotatable bonds is 6. The number of fused-ring (bicyclic) bond motifs is 1. The number of amides is 1. The van der Waals surface area contributed by atoms with Crippen LogP contribution in [0.3, 0.4) is 0 Å². The van der Waals surface area contributed by atoms with Crippen LogP contribution in [0.1, 0.15) is 30.5 Å². The van der Waals surface area contributed by atoms with E-state index in [1.165, 1.54) is 23.3 Å². The second kappa shape index (κ2) is 8.45. The quantitative estimate of drug-likeness (QED) is 0.860. The topological polar surface area (TPSA) is 32.3 Å². The van der Waals surface area contributed by atoms with Gasteiger partial charge in [0, 0.05) is 19.6 Å². The van der Waals surface area contributed by atoms with E-state index < -0.39 is 0 Å². The number of nitrogens with zero attached hydrogens (tertiary/aromatic N) is 1. The first-order valence-electron chi connectivity index (χ1n) is 9.36. The molecular formula is C22H27FN2O. The van der Waals surface area contributed by atoms with Crippen molar-refractivity contribution in [1.82, 2.24) is 10.2 Å². The maximum atomic E-state index is 13.0. The molecule has 26 heavy (non-hydrogen) atoms. The summed E-state index contributed by atoms with van der Waals surface area (Å²) in [5.74, 6) is 0.361. The summed E-state index contributed by atoms with van der Waals surface area (Å²) in [5, 5.41) is 3.08. The monoisotopic (exact) mass is 354 g/mol. The van der Waals surface area contributed by atoms with Gasteiger partial charge in [0.1, 0.15) is 5.82 Å². The van der Waals surface area contributed by atoms with Crippen molar-refractivity contribution >= 4 is 5.91 Å². The molecule has 2 aromatic rings. The van der Waals surface area contributed by atoms with E-state index in [1.54, 1.807) is 12.1 Å². The standard InChI is InChI=1S/C22H27FN2O/c1-16(2)14-25-15-19-6-4-3-5-18(19)13-21(25)22(26)24-12-11-17-7-9-20(23)10-8-17/h3-10,16,21H,11-15H2,1-2H3,(H,24,26). The molecule has 0 aromatic heterocycles. The number of nitrogens with one attached hydrogen (secondary N) is 1. The minimum atomic E-state index is -0.233. The predicted molar refractivity (Wildman–Crippen MR) is 102 cm³/mol. The highest BCUT2D eigenvalue weighted by Crippen LogP contribution is 2.24. The molecule has 0 saturated carbocycles. The van der Waals surface area contributed by atoms with Crippen LogP contribution in [0.2, 0.25) is 0 Å². The van der Waals surface area contributed by atoms with Crippen LogP contribution in [0.25, 0.3) is 0 Å². The van der Waals surface area contributed by atoms with Crippen molar-refractivity contribution < 1.29 is 9.18 Å². The van der Waals surface area contributed by atoms with Crippen molar-refractivity contribution in [3.63, 3.8) is 0 Å². The van der Waals surface area contributed by atoms with Crippen LogP contribution < -0.4 is 5.32 Å². The van der Waals surface area contributed by atoms with Gasteiger partial charge in [-0.15, -0.1) is 0 Å². The van der Waals surface area contributed by atoms with Gasteiger partial charge in [0.2, 0.25) is 5.91 Å². The lowest BCUT2D eigenvalue weighted by Crippen LogP contribution is -2.51. The lowest BCUT2D eigenvalue weighted by Gasteiger charge is -2.37. The van der Waals surface area contributed by atoms with Crippen LogP contribution in [0, 0.1) is 11.7 Å². The third-order valence-electron chi connectivity index (χ3n) is 4.87. The highest BCUT2D eigenvalue weighted by molar-refractivity contribution is 5.82. The van der Waals surface area contributed by atoms with Crippen LogP contribution >= 0.6 is 0 Å². The number of benzene rings is 2. The zero-order chi connectivity index (χ0) is 18.5. The first kappa shape index (κ1) is 18.6. The Kier molecular flexibility index (Phi) is 6.04. The van der Waals surface area contributed by atoms with Gasteiger partial charge in [0.15, 0.2) is 0 Å². The first-order chi connectivity index (χ1) is 12.5. The maximum absolute atomic E-state index is 13.0. The van der Waals surface area contributed by atoms with E-state index in [0.717, 1.165) is 25.1 Å². The molecule has 0 aliphatic carbocycles. The Balaban J connectivity index is 1.62. The van der Waals surface area contributed by atoms with E-state index in [4.69, 9.17) is 0 Å². The van der Waals surface area contributed by atoms with Gasteiger partial charge in [-0.25, -0.2) is 4.39 Å². The van der Waals surface area contributed by atoms with E-state index >= 15 is 0 Å². The van der Waals surface area contributed by atoms with E-state index in [2.05, 4.69) is 42.3 Å². The number of carbonyl (C=O) groups excluding carboxylic acids is 1. The summed E-state index contributed by atoms with van der Waals surface area (Å²) in [7, 11) is 0. The average Bonchev–Trinajstić information content (AvgIpc) is 2.62. The van der Waals surface area contributed by atoms with Gasteiger partial charge in [0.25, 0.3) is 0 Å². The molecule has 1 aliphatic heterocycles. The molecule has 4 heteroatoms. The normalized spacial score (nSPS) is 17.2. The maximum Gasteiger partial charge on any atom is 0.237 e. The fraction of sp³-hybridized carbons (Fsp3) is 0.409. The number of halogens is 1. The van der Waals surface area contributed by atoms with Crippen molar-refractivity contribution in [2.75, 3.05) is 13.1 Å². The summed E-state index contributed by atoms with van der Waals surface area (Å²) >= 11 is 0. The van der Waals surface area contributed by atoms with Crippen LogP contribution in [-0.4, -0.2) is 29.9 Å². The molecule has 1 heterocycles. The molecule has 3 rings (SSSR count). The third-order valence-corrected chi connectivity index (χ3v) is 4.87. The molecule has 0 fully saturated rings. The van der Waals surface area contributed by atoms with Gasteiger partial charge in [-0.3, -0.25) is 9.69 Å². The highest BCUT2D eigenvalue weighted by atomic mass is 19.1. The van der Waals surface area contributed by atoms with Crippen LogP contribution in [-0.2, 0) is 24.2 Å². The zero-order valence-corrected chi connectivity index (χ0v) is 15.5. The first-order valence-corrected chi connectivity index (χ1v) is 9.36. The van der Waals surface area contributed by atoms with Gasteiger partial charge in [-0.05, 0) is 47.6 Å². The van der Waals surface area contributed by atoms with Crippen molar-refractivity contribution in [3.8, 4) is 0 Å². The summed E-state index contributed by atoms with van der Waals surface area (Å²) in [5.41, 5.74) is 3.62. The molecule has 138 valence electrons. The molecule has 1 aliphatic rings. The predicted octanol–water partition coefficient (Wildman–Crippen LogP) is 3.57. The molecule has 0 spiro atoms. The fourth-order valence-corrected chi connectivity index (χ4v) is 3.60. The Morgan fingerprint density at radius 2 is 1.85 bits per heavy atom. The number of hydrogen-bond acceptors (Lipinski definition) is 2. The molecule has 3 nitrogen and oxygen atoms in total. The Morgan fingerprint density at radius 3 is 2.54 bits per heavy atom. The molecule has 1 atom stereocenters. The van der Waals surface area contributed by atoms with Gasteiger partial charge >= 0.3 is 0 Å². The Bertz CT molecular complexity index is 742. The number of hydrogen-bond donors (Lipinski definition) is 1. The molecule has 1 unspecified atom stereocenters. The molecule has 1 N–H and O–H groups in total. The Labute approximate surface area is 155 Å². The average molecular weight is 354 g/mol. The van der Waals surface area contributed by atoms with Crippen LogP contribution in [0.5, 0.6) is 0 Å². The van der Waals surface area contributed by atoms with Crippen molar-refractivity contribution in [2.24, 2.45) is 5.92 Å². The van der Waals surface area contributed by atoms with Crippen LogP contribution in [0.15, 0.2) is 48.5 Å². The van der Waals surface area contributed by atoms with E-state index in [9.17, 15) is 9.18 Å². The third kappa shape index (κ3) is 4.70. The second-order valence-corrected chi connectivity index (χ2v) is 7.48. The van der Waals surface area contributed by atoms with Gasteiger partial charge < -0.3 is 5.32 Å². The summed E-state index contributed by atoms with van der Waals surface area (Å²) in [6.45, 7) is 6.67. The summed E-state index contributed by atoms with van der Waals surface area (Å²) < 4.78 is 13.0. The van der Waals surface area contributed by atoms with Crippen molar-refractivity contribution in [2.45, 2.75) is 39.3 Å². The van der Waals surface area contributed by atoms with E-state index in [-0.39, 0.29) is 17.8 Å². The number of carbonyl (C=O) groups is 1. The minimum absolute atomic E-state index is 0.0854. The fourth-order valence-electron chi connectivity index (χ4n) is 3.60. The Morgan fingerprint density at radius 1 is 1.15 bits per heavy atom. The van der Waals surface area contributed by atoms with E-state index in [0.29, 0.717) is 18.9 Å². The zero-order valence-electron chi connectivity index (χ0n) is 15.5.